The number of anilines is 1. The van der Waals surface area contributed by atoms with Gasteiger partial charge in [0.1, 0.15) is 0 Å². The van der Waals surface area contributed by atoms with E-state index in [9.17, 15) is 4.79 Å². The summed E-state index contributed by atoms with van der Waals surface area (Å²) in [6.07, 6.45) is 1.80. The second-order valence-corrected chi connectivity index (χ2v) is 2.88. The van der Waals surface area contributed by atoms with Crippen molar-refractivity contribution < 1.29 is 14.3 Å². The molecule has 1 aromatic heterocycles. The van der Waals surface area contributed by atoms with Crippen LogP contribution < -0.4 is 5.32 Å². The molecule has 0 radical (unpaired) electrons. The van der Waals surface area contributed by atoms with E-state index in [4.69, 9.17) is 9.52 Å². The van der Waals surface area contributed by atoms with Gasteiger partial charge in [0.2, 0.25) is 0 Å². The number of hydrogen-bond donors (Lipinski definition) is 2. The van der Waals surface area contributed by atoms with Crippen molar-refractivity contribution in [3.8, 4) is 11.3 Å². The van der Waals surface area contributed by atoms with Gasteiger partial charge in [-0.3, -0.25) is 5.32 Å². The van der Waals surface area contributed by atoms with Crippen molar-refractivity contribution >= 4 is 11.8 Å². The van der Waals surface area contributed by atoms with Crippen LogP contribution in [0.3, 0.4) is 0 Å². The van der Waals surface area contributed by atoms with Crippen LogP contribution in [0.15, 0.2) is 41.3 Å². The number of oxazole rings is 1. The first-order chi connectivity index (χ1) is 7.25. The maximum absolute atomic E-state index is 10.4. The van der Waals surface area contributed by atoms with Crippen LogP contribution in [0, 0.1) is 0 Å². The van der Waals surface area contributed by atoms with E-state index in [-0.39, 0.29) is 0 Å². The predicted molar refractivity (Wildman–Crippen MR) is 53.6 cm³/mol. The molecule has 0 saturated carbocycles. The summed E-state index contributed by atoms with van der Waals surface area (Å²) in [5, 5.41) is 10.8. The van der Waals surface area contributed by atoms with Gasteiger partial charge in [0.05, 0.1) is 6.20 Å². The first kappa shape index (κ1) is 9.26. The van der Waals surface area contributed by atoms with Gasteiger partial charge in [0.25, 0.3) is 0 Å². The molecule has 2 N–H and O–H groups in total. The highest BCUT2D eigenvalue weighted by atomic mass is 16.4. The van der Waals surface area contributed by atoms with Crippen molar-refractivity contribution in [3.63, 3.8) is 0 Å². The second-order valence-electron chi connectivity index (χ2n) is 2.88. The molecule has 76 valence electrons. The van der Waals surface area contributed by atoms with Gasteiger partial charge in [0, 0.05) is 11.3 Å². The molecule has 0 unspecified atom stereocenters. The molecule has 5 nitrogen and oxygen atoms in total. The van der Waals surface area contributed by atoms with Crippen LogP contribution in [0.2, 0.25) is 0 Å². The summed E-state index contributed by atoms with van der Waals surface area (Å²) in [5.41, 5.74) is 1.27. The van der Waals surface area contributed by atoms with Gasteiger partial charge in [0.15, 0.2) is 12.2 Å². The molecule has 0 atom stereocenters. The van der Waals surface area contributed by atoms with E-state index in [0.29, 0.717) is 11.4 Å². The zero-order valence-corrected chi connectivity index (χ0v) is 7.68. The maximum atomic E-state index is 10.4. The topological polar surface area (TPSA) is 75.4 Å². The highest BCUT2D eigenvalue weighted by Gasteiger charge is 2.03. The molecule has 2 rings (SSSR count). The lowest BCUT2D eigenvalue weighted by Crippen LogP contribution is -2.06. The molecule has 1 amide bonds. The molecule has 0 aliphatic rings. The average molecular weight is 204 g/mol. The van der Waals surface area contributed by atoms with Crippen LogP contribution in [0.1, 0.15) is 0 Å². The monoisotopic (exact) mass is 204 g/mol. The molecule has 1 heterocycles. The summed E-state index contributed by atoms with van der Waals surface area (Å²) in [7, 11) is 0. The van der Waals surface area contributed by atoms with Crippen LogP contribution in [-0.2, 0) is 0 Å². The number of aromatic nitrogens is 1. The summed E-state index contributed by atoms with van der Waals surface area (Å²) >= 11 is 0. The van der Waals surface area contributed by atoms with Crippen molar-refractivity contribution in [1.29, 1.82) is 0 Å². The Morgan fingerprint density at radius 3 is 3.00 bits per heavy atom. The quantitative estimate of drug-likeness (QED) is 0.787. The Hall–Kier alpha value is -2.30. The number of carboxylic acid groups (broad SMARTS) is 1. The molecule has 0 saturated heterocycles. The van der Waals surface area contributed by atoms with Crippen LogP contribution in [0.5, 0.6) is 0 Å². The SMILES string of the molecule is O=C(O)Nc1cccc(-c2cnco2)c1. The Bertz CT molecular complexity index is 465. The fraction of sp³-hybridized carbons (Fsp3) is 0. The summed E-state index contributed by atoms with van der Waals surface area (Å²) in [4.78, 5) is 14.2. The van der Waals surface area contributed by atoms with E-state index in [1.807, 2.05) is 6.07 Å². The van der Waals surface area contributed by atoms with Gasteiger partial charge >= 0.3 is 6.09 Å². The van der Waals surface area contributed by atoms with E-state index < -0.39 is 6.09 Å². The molecule has 0 bridgehead atoms. The summed E-state index contributed by atoms with van der Waals surface area (Å²) in [5.74, 6) is 0.601. The van der Waals surface area contributed by atoms with Gasteiger partial charge in [-0.1, -0.05) is 12.1 Å². The Morgan fingerprint density at radius 2 is 2.33 bits per heavy atom. The van der Waals surface area contributed by atoms with Crippen LogP contribution in [-0.4, -0.2) is 16.2 Å². The van der Waals surface area contributed by atoms with Gasteiger partial charge < -0.3 is 9.52 Å². The third kappa shape index (κ3) is 2.14. The molecule has 5 heteroatoms. The van der Waals surface area contributed by atoms with Crippen LogP contribution >= 0.6 is 0 Å². The second kappa shape index (κ2) is 3.83. The minimum absolute atomic E-state index is 0.497. The van der Waals surface area contributed by atoms with E-state index in [0.717, 1.165) is 5.56 Å². The number of carbonyl (C=O) groups is 1. The maximum Gasteiger partial charge on any atom is 0.409 e. The Balaban J connectivity index is 2.31. The zero-order chi connectivity index (χ0) is 10.7. The van der Waals surface area contributed by atoms with Crippen molar-refractivity contribution in [1.82, 2.24) is 4.98 Å². The lowest BCUT2D eigenvalue weighted by molar-refractivity contribution is 0.210. The van der Waals surface area contributed by atoms with Gasteiger partial charge in [-0.2, -0.15) is 0 Å². The Labute approximate surface area is 85.4 Å². The minimum Gasteiger partial charge on any atom is -0.465 e. The predicted octanol–water partition coefficient (Wildman–Crippen LogP) is 2.43. The molecule has 0 fully saturated rings. The number of amides is 1. The van der Waals surface area contributed by atoms with Gasteiger partial charge in [-0.25, -0.2) is 9.78 Å². The molecule has 1 aromatic carbocycles. The number of benzene rings is 1. The molecule has 15 heavy (non-hydrogen) atoms. The average Bonchev–Trinajstić information content (AvgIpc) is 2.69. The lowest BCUT2D eigenvalue weighted by Gasteiger charge is -2.01. The third-order valence-electron chi connectivity index (χ3n) is 1.83. The normalized spacial score (nSPS) is 9.87. The van der Waals surface area contributed by atoms with E-state index >= 15 is 0 Å². The standard InChI is InChI=1S/C10H8N2O3/c13-10(14)12-8-3-1-2-7(4-8)9-5-11-6-15-9/h1-6,12H,(H,13,14). The molecule has 2 aromatic rings. The van der Waals surface area contributed by atoms with E-state index in [1.54, 1.807) is 24.4 Å². The molecular formula is C10H8N2O3. The number of hydrogen-bond acceptors (Lipinski definition) is 3. The number of nitrogens with zero attached hydrogens (tertiary/aromatic N) is 1. The molecule has 0 spiro atoms. The Morgan fingerprint density at radius 1 is 1.47 bits per heavy atom. The highest BCUT2D eigenvalue weighted by Crippen LogP contribution is 2.21. The summed E-state index contributed by atoms with van der Waals surface area (Å²) in [6.45, 7) is 0. The fourth-order valence-corrected chi connectivity index (χ4v) is 1.23. The van der Waals surface area contributed by atoms with E-state index in [1.165, 1.54) is 6.39 Å². The van der Waals surface area contributed by atoms with Crippen molar-refractivity contribution in [2.75, 3.05) is 5.32 Å². The Kier molecular flexibility index (Phi) is 2.37. The first-order valence-electron chi connectivity index (χ1n) is 4.24. The fourth-order valence-electron chi connectivity index (χ4n) is 1.23. The lowest BCUT2D eigenvalue weighted by atomic mass is 10.1. The summed E-state index contributed by atoms with van der Waals surface area (Å²) < 4.78 is 5.09. The smallest absolute Gasteiger partial charge is 0.409 e. The van der Waals surface area contributed by atoms with Crippen molar-refractivity contribution in [3.05, 3.63) is 36.9 Å². The molecule has 0 aliphatic heterocycles. The minimum atomic E-state index is -1.09. The third-order valence-corrected chi connectivity index (χ3v) is 1.83. The largest absolute Gasteiger partial charge is 0.465 e. The molecule has 0 aliphatic carbocycles. The van der Waals surface area contributed by atoms with Gasteiger partial charge in [-0.15, -0.1) is 0 Å². The van der Waals surface area contributed by atoms with Crippen LogP contribution in [0.25, 0.3) is 11.3 Å². The van der Waals surface area contributed by atoms with Crippen LogP contribution in [0.4, 0.5) is 10.5 Å². The molecular weight excluding hydrogens is 196 g/mol. The van der Waals surface area contributed by atoms with Crippen molar-refractivity contribution in [2.45, 2.75) is 0 Å². The zero-order valence-electron chi connectivity index (χ0n) is 7.68. The van der Waals surface area contributed by atoms with Crippen molar-refractivity contribution in [2.24, 2.45) is 0 Å². The number of nitrogens with one attached hydrogen (secondary N) is 1. The van der Waals surface area contributed by atoms with E-state index in [2.05, 4.69) is 10.3 Å². The number of rotatable bonds is 2. The van der Waals surface area contributed by atoms with Gasteiger partial charge in [-0.05, 0) is 12.1 Å². The summed E-state index contributed by atoms with van der Waals surface area (Å²) in [6, 6.07) is 6.89. The first-order valence-corrected chi connectivity index (χ1v) is 4.24. The highest BCUT2D eigenvalue weighted by molar-refractivity contribution is 5.84.